The number of carbonyl (C=O) groups is 1. The van der Waals surface area contributed by atoms with Gasteiger partial charge < -0.3 is 19.7 Å². The molecule has 0 spiro atoms. The van der Waals surface area contributed by atoms with Crippen LogP contribution in [0, 0.1) is 5.82 Å². The van der Waals surface area contributed by atoms with Crippen LogP contribution < -0.4 is 5.32 Å². The van der Waals surface area contributed by atoms with Crippen LogP contribution in [0.15, 0.2) is 24.3 Å². The molecule has 7 heteroatoms. The van der Waals surface area contributed by atoms with E-state index in [4.69, 9.17) is 9.47 Å². The summed E-state index contributed by atoms with van der Waals surface area (Å²) < 4.78 is 23.5. The minimum atomic E-state index is -0.273. The molecule has 1 saturated heterocycles. The van der Waals surface area contributed by atoms with Crippen LogP contribution in [0.3, 0.4) is 0 Å². The van der Waals surface area contributed by atoms with Crippen molar-refractivity contribution in [2.24, 2.45) is 0 Å². The van der Waals surface area contributed by atoms with Gasteiger partial charge in [-0.1, -0.05) is 12.1 Å². The van der Waals surface area contributed by atoms with Crippen molar-refractivity contribution >= 4 is 18.3 Å². The number of morpholine rings is 1. The van der Waals surface area contributed by atoms with Crippen molar-refractivity contribution in [3.8, 4) is 0 Å². The molecule has 1 unspecified atom stereocenters. The van der Waals surface area contributed by atoms with Crippen LogP contribution >= 0.6 is 12.4 Å². The van der Waals surface area contributed by atoms with Gasteiger partial charge in [0.15, 0.2) is 0 Å². The molecule has 1 aromatic rings. The number of rotatable bonds is 6. The number of nitrogens with one attached hydrogen (secondary N) is 1. The fourth-order valence-electron chi connectivity index (χ4n) is 2.24. The monoisotopic (exact) mass is 332 g/mol. The summed E-state index contributed by atoms with van der Waals surface area (Å²) >= 11 is 0. The predicted molar refractivity (Wildman–Crippen MR) is 83.7 cm³/mol. The number of hydrogen-bond acceptors (Lipinski definition) is 4. The smallest absolute Gasteiger partial charge is 0.236 e. The van der Waals surface area contributed by atoms with E-state index in [1.54, 1.807) is 24.1 Å². The molecule has 5 nitrogen and oxygen atoms in total. The van der Waals surface area contributed by atoms with Crippen molar-refractivity contribution in [1.29, 1.82) is 0 Å². The van der Waals surface area contributed by atoms with Gasteiger partial charge in [0.1, 0.15) is 11.9 Å². The van der Waals surface area contributed by atoms with Crippen molar-refractivity contribution in [2.45, 2.75) is 6.10 Å². The maximum absolute atomic E-state index is 12.9. The molecule has 1 heterocycles. The number of hydrogen-bond donors (Lipinski definition) is 1. The summed E-state index contributed by atoms with van der Waals surface area (Å²) in [6.45, 7) is 3.09. The summed E-state index contributed by atoms with van der Waals surface area (Å²) in [4.78, 5) is 13.9. The van der Waals surface area contributed by atoms with Gasteiger partial charge in [-0.2, -0.15) is 0 Å². The first-order valence-corrected chi connectivity index (χ1v) is 7.05. The number of ether oxygens (including phenoxy) is 2. The van der Waals surface area contributed by atoms with Gasteiger partial charge in [-0.15, -0.1) is 12.4 Å². The standard InChI is InChI=1S/C15H21FN2O3.ClH/c1-20-8-6-17-10-15(19)18-7-9-21-14(11-18)12-2-4-13(16)5-3-12;/h2-5,14,17H,6-11H2,1H3;1H. The molecule has 1 N–H and O–H groups in total. The highest BCUT2D eigenvalue weighted by Gasteiger charge is 2.24. The third-order valence-corrected chi connectivity index (χ3v) is 3.42. The lowest BCUT2D eigenvalue weighted by Gasteiger charge is -2.33. The molecule has 0 aliphatic carbocycles. The molecular weight excluding hydrogens is 311 g/mol. The van der Waals surface area contributed by atoms with Gasteiger partial charge in [-0.25, -0.2) is 4.39 Å². The van der Waals surface area contributed by atoms with Crippen LogP contribution in [0.1, 0.15) is 11.7 Å². The number of carbonyl (C=O) groups excluding carboxylic acids is 1. The van der Waals surface area contributed by atoms with Gasteiger partial charge >= 0.3 is 0 Å². The third kappa shape index (κ3) is 5.53. The highest BCUT2D eigenvalue weighted by molar-refractivity contribution is 5.85. The second kappa shape index (κ2) is 9.74. The normalized spacial score (nSPS) is 17.9. The quantitative estimate of drug-likeness (QED) is 0.800. The lowest BCUT2D eigenvalue weighted by Crippen LogP contribution is -2.46. The summed E-state index contributed by atoms with van der Waals surface area (Å²) in [5.41, 5.74) is 0.890. The molecule has 0 radical (unpaired) electrons. The Kier molecular flexibility index (Phi) is 8.34. The van der Waals surface area contributed by atoms with Crippen molar-refractivity contribution in [2.75, 3.05) is 46.5 Å². The highest BCUT2D eigenvalue weighted by atomic mass is 35.5. The number of amides is 1. The third-order valence-electron chi connectivity index (χ3n) is 3.42. The van der Waals surface area contributed by atoms with Gasteiger partial charge in [-0.05, 0) is 17.7 Å². The van der Waals surface area contributed by atoms with E-state index in [0.717, 1.165) is 5.56 Å². The van der Waals surface area contributed by atoms with Gasteiger partial charge in [0.2, 0.25) is 5.91 Å². The SMILES string of the molecule is COCCNCC(=O)N1CCOC(c2ccc(F)cc2)C1.Cl. The van der Waals surface area contributed by atoms with Crippen LogP contribution in [0.5, 0.6) is 0 Å². The zero-order valence-corrected chi connectivity index (χ0v) is 13.4. The number of methoxy groups -OCH3 is 1. The minimum absolute atomic E-state index is 0. The Hall–Kier alpha value is -1.21. The first-order valence-electron chi connectivity index (χ1n) is 7.05. The average molecular weight is 333 g/mol. The molecular formula is C15H22ClFN2O3. The second-order valence-electron chi connectivity index (χ2n) is 4.92. The molecule has 1 atom stereocenters. The van der Waals surface area contributed by atoms with Crippen molar-refractivity contribution in [3.63, 3.8) is 0 Å². The highest BCUT2D eigenvalue weighted by Crippen LogP contribution is 2.22. The van der Waals surface area contributed by atoms with Crippen LogP contribution in [0.2, 0.25) is 0 Å². The lowest BCUT2D eigenvalue weighted by molar-refractivity contribution is -0.138. The number of halogens is 2. The molecule has 0 bridgehead atoms. The van der Waals surface area contributed by atoms with E-state index in [1.807, 2.05) is 0 Å². The van der Waals surface area contributed by atoms with E-state index in [-0.39, 0.29) is 30.2 Å². The lowest BCUT2D eigenvalue weighted by atomic mass is 10.1. The van der Waals surface area contributed by atoms with Gasteiger partial charge in [0.05, 0.1) is 26.3 Å². The van der Waals surface area contributed by atoms with E-state index >= 15 is 0 Å². The Bertz CT molecular complexity index is 459. The van der Waals surface area contributed by atoms with Gasteiger partial charge in [0, 0.05) is 20.2 Å². The molecule has 0 saturated carbocycles. The zero-order chi connectivity index (χ0) is 15.1. The number of benzene rings is 1. The summed E-state index contributed by atoms with van der Waals surface area (Å²) in [6.07, 6.45) is -0.192. The van der Waals surface area contributed by atoms with Crippen LogP contribution in [-0.4, -0.2) is 57.3 Å². The van der Waals surface area contributed by atoms with Gasteiger partial charge in [-0.3, -0.25) is 4.79 Å². The maximum Gasteiger partial charge on any atom is 0.236 e. The molecule has 1 aromatic carbocycles. The Morgan fingerprint density at radius 3 is 2.86 bits per heavy atom. The van der Waals surface area contributed by atoms with Crippen molar-refractivity contribution < 1.29 is 18.7 Å². The van der Waals surface area contributed by atoms with Crippen molar-refractivity contribution in [3.05, 3.63) is 35.6 Å². The Balaban J connectivity index is 0.00000242. The van der Waals surface area contributed by atoms with E-state index in [0.29, 0.717) is 39.4 Å². The summed E-state index contributed by atoms with van der Waals surface area (Å²) in [6, 6.07) is 6.22. The minimum Gasteiger partial charge on any atom is -0.383 e. The van der Waals surface area contributed by atoms with E-state index in [1.165, 1.54) is 12.1 Å². The topological polar surface area (TPSA) is 50.8 Å². The maximum atomic E-state index is 12.9. The van der Waals surface area contributed by atoms with Gasteiger partial charge in [0.25, 0.3) is 0 Å². The Labute approximate surface area is 136 Å². The molecule has 2 rings (SSSR count). The molecule has 1 fully saturated rings. The molecule has 1 aliphatic rings. The number of nitrogens with zero attached hydrogens (tertiary/aromatic N) is 1. The summed E-state index contributed by atoms with van der Waals surface area (Å²) in [7, 11) is 1.62. The molecule has 1 aliphatic heterocycles. The second-order valence-corrected chi connectivity index (χ2v) is 4.92. The van der Waals surface area contributed by atoms with Crippen LogP contribution in [0.25, 0.3) is 0 Å². The molecule has 1 amide bonds. The first-order chi connectivity index (χ1) is 10.2. The van der Waals surface area contributed by atoms with E-state index < -0.39 is 0 Å². The fourth-order valence-corrected chi connectivity index (χ4v) is 2.24. The Morgan fingerprint density at radius 1 is 1.45 bits per heavy atom. The van der Waals surface area contributed by atoms with E-state index in [2.05, 4.69) is 5.32 Å². The summed E-state index contributed by atoms with van der Waals surface area (Å²) in [5.74, 6) is -0.230. The average Bonchev–Trinajstić information content (AvgIpc) is 2.52. The largest absolute Gasteiger partial charge is 0.383 e. The molecule has 0 aromatic heterocycles. The Morgan fingerprint density at radius 2 is 2.18 bits per heavy atom. The molecule has 22 heavy (non-hydrogen) atoms. The molecule has 124 valence electrons. The summed E-state index contributed by atoms with van der Waals surface area (Å²) in [5, 5.41) is 3.04. The zero-order valence-electron chi connectivity index (χ0n) is 12.6. The van der Waals surface area contributed by atoms with Crippen LogP contribution in [0.4, 0.5) is 4.39 Å². The van der Waals surface area contributed by atoms with Crippen LogP contribution in [-0.2, 0) is 14.3 Å². The van der Waals surface area contributed by atoms with Crippen molar-refractivity contribution in [1.82, 2.24) is 10.2 Å². The first kappa shape index (κ1) is 18.8. The predicted octanol–water partition coefficient (Wildman–Crippen LogP) is 1.38. The van der Waals surface area contributed by atoms with E-state index in [9.17, 15) is 9.18 Å². The fraction of sp³-hybridized carbons (Fsp3) is 0.533.